The molecule has 9 heavy (non-hydrogen) atoms. The van der Waals surface area contributed by atoms with Crippen LogP contribution in [0.3, 0.4) is 0 Å². The SMILES string of the molecule is CBNCN(CC)CC. The Hall–Kier alpha value is -0.0151. The number of hydrogen-bond acceptors (Lipinski definition) is 2. The van der Waals surface area contributed by atoms with Crippen molar-refractivity contribution >= 4 is 7.41 Å². The highest BCUT2D eigenvalue weighted by molar-refractivity contribution is 6.29. The molecule has 0 aromatic heterocycles. The topological polar surface area (TPSA) is 15.3 Å². The van der Waals surface area contributed by atoms with E-state index >= 15 is 0 Å². The second-order valence-electron chi connectivity index (χ2n) is 2.06. The van der Waals surface area contributed by atoms with E-state index in [0.29, 0.717) is 0 Å². The molecule has 0 aliphatic rings. The van der Waals surface area contributed by atoms with Crippen LogP contribution in [-0.4, -0.2) is 32.1 Å². The highest BCUT2D eigenvalue weighted by Crippen LogP contribution is 1.80. The molecule has 3 heteroatoms. The van der Waals surface area contributed by atoms with Crippen molar-refractivity contribution in [3.63, 3.8) is 0 Å². The predicted octanol–water partition coefficient (Wildman–Crippen LogP) is 0.275. The van der Waals surface area contributed by atoms with Crippen LogP contribution in [-0.2, 0) is 0 Å². The van der Waals surface area contributed by atoms with Crippen molar-refractivity contribution < 1.29 is 0 Å². The van der Waals surface area contributed by atoms with E-state index in [1.165, 1.54) is 0 Å². The van der Waals surface area contributed by atoms with Gasteiger partial charge in [0, 0.05) is 6.67 Å². The molecule has 0 rings (SSSR count). The van der Waals surface area contributed by atoms with E-state index in [1.54, 1.807) is 0 Å². The summed E-state index contributed by atoms with van der Waals surface area (Å²) in [6.45, 7) is 9.81. The Bertz CT molecular complexity index is 55.0. The van der Waals surface area contributed by atoms with Crippen molar-refractivity contribution in [1.82, 2.24) is 10.1 Å². The second kappa shape index (κ2) is 6.11. The van der Waals surface area contributed by atoms with Gasteiger partial charge in [-0.25, -0.2) is 0 Å². The van der Waals surface area contributed by atoms with E-state index in [2.05, 4.69) is 30.8 Å². The summed E-state index contributed by atoms with van der Waals surface area (Å²) in [6, 6.07) is 0. The minimum absolute atomic E-state index is 1.03. The molecule has 0 spiro atoms. The Morgan fingerprint density at radius 2 is 1.89 bits per heavy atom. The third-order valence-corrected chi connectivity index (χ3v) is 1.48. The normalized spacial score (nSPS) is 10.2. The molecule has 0 aliphatic heterocycles. The van der Waals surface area contributed by atoms with Gasteiger partial charge in [0.2, 0.25) is 0 Å². The first kappa shape index (κ1) is 8.98. The predicted molar refractivity (Wildman–Crippen MR) is 43.9 cm³/mol. The van der Waals surface area contributed by atoms with Crippen molar-refractivity contribution in [1.29, 1.82) is 0 Å². The highest BCUT2D eigenvalue weighted by atomic mass is 15.2. The third kappa shape index (κ3) is 4.49. The summed E-state index contributed by atoms with van der Waals surface area (Å²) in [6.07, 6.45) is 0. The van der Waals surface area contributed by atoms with E-state index < -0.39 is 0 Å². The Kier molecular flexibility index (Phi) is 6.10. The smallest absolute Gasteiger partial charge is 0.199 e. The Balaban J connectivity index is 3.09. The number of rotatable bonds is 5. The molecular weight excluding hydrogens is 111 g/mol. The first-order valence-corrected chi connectivity index (χ1v) is 3.78. The molecule has 2 nitrogen and oxygen atoms in total. The molecule has 0 bridgehead atoms. The molecule has 0 unspecified atom stereocenters. The largest absolute Gasteiger partial charge is 0.347 e. The highest BCUT2D eigenvalue weighted by Gasteiger charge is 1.94. The molecule has 0 radical (unpaired) electrons. The van der Waals surface area contributed by atoms with E-state index in [0.717, 1.165) is 27.2 Å². The van der Waals surface area contributed by atoms with Crippen LogP contribution in [0, 0.1) is 0 Å². The summed E-state index contributed by atoms with van der Waals surface area (Å²) >= 11 is 0. The molecule has 1 N–H and O–H groups in total. The van der Waals surface area contributed by atoms with E-state index in [1.807, 2.05) is 0 Å². The molecule has 0 aliphatic carbocycles. The van der Waals surface area contributed by atoms with Crippen LogP contribution in [0.1, 0.15) is 13.8 Å². The van der Waals surface area contributed by atoms with Crippen molar-refractivity contribution in [2.75, 3.05) is 19.8 Å². The van der Waals surface area contributed by atoms with Crippen molar-refractivity contribution in [2.45, 2.75) is 20.7 Å². The zero-order chi connectivity index (χ0) is 7.11. The molecule has 0 fully saturated rings. The average Bonchev–Trinajstić information content (AvgIpc) is 1.91. The first-order chi connectivity index (χ1) is 4.35. The quantitative estimate of drug-likeness (QED) is 0.422. The van der Waals surface area contributed by atoms with E-state index in [4.69, 9.17) is 0 Å². The average molecular weight is 128 g/mol. The molecule has 0 aromatic carbocycles. The van der Waals surface area contributed by atoms with Crippen molar-refractivity contribution in [2.24, 2.45) is 0 Å². The minimum atomic E-state index is 1.03. The molecule has 0 saturated carbocycles. The maximum Gasteiger partial charge on any atom is 0.199 e. The lowest BCUT2D eigenvalue weighted by molar-refractivity contribution is 0.301. The Morgan fingerprint density at radius 1 is 1.33 bits per heavy atom. The molecule has 0 aromatic rings. The summed E-state index contributed by atoms with van der Waals surface area (Å²) in [4.78, 5) is 2.35. The molecule has 0 amide bonds. The van der Waals surface area contributed by atoms with E-state index in [-0.39, 0.29) is 0 Å². The Labute approximate surface area is 58.9 Å². The van der Waals surface area contributed by atoms with Crippen LogP contribution < -0.4 is 5.23 Å². The third-order valence-electron chi connectivity index (χ3n) is 1.48. The fraction of sp³-hybridized carbons (Fsp3) is 1.00. The van der Waals surface area contributed by atoms with Crippen LogP contribution >= 0.6 is 0 Å². The fourth-order valence-electron chi connectivity index (χ4n) is 0.717. The summed E-state index contributed by atoms with van der Waals surface area (Å²) in [5.41, 5.74) is 0. The van der Waals surface area contributed by atoms with Gasteiger partial charge < -0.3 is 5.23 Å². The lowest BCUT2D eigenvalue weighted by Crippen LogP contribution is -2.34. The summed E-state index contributed by atoms with van der Waals surface area (Å²) in [5, 5.41) is 3.28. The van der Waals surface area contributed by atoms with Gasteiger partial charge in [0.05, 0.1) is 0 Å². The van der Waals surface area contributed by atoms with Gasteiger partial charge in [0.1, 0.15) is 0 Å². The minimum Gasteiger partial charge on any atom is -0.347 e. The second-order valence-corrected chi connectivity index (χ2v) is 2.06. The van der Waals surface area contributed by atoms with Crippen LogP contribution in [0.15, 0.2) is 0 Å². The lowest BCUT2D eigenvalue weighted by atomic mass is 10.0. The van der Waals surface area contributed by atoms with Crippen molar-refractivity contribution in [3.8, 4) is 0 Å². The van der Waals surface area contributed by atoms with Crippen molar-refractivity contribution in [3.05, 3.63) is 0 Å². The summed E-state index contributed by atoms with van der Waals surface area (Å²) < 4.78 is 0. The molecule has 0 heterocycles. The van der Waals surface area contributed by atoms with Gasteiger partial charge in [0.15, 0.2) is 7.41 Å². The number of nitrogens with one attached hydrogen (secondary N) is 1. The van der Waals surface area contributed by atoms with Gasteiger partial charge in [-0.2, -0.15) is 0 Å². The van der Waals surface area contributed by atoms with Gasteiger partial charge in [-0.05, 0) is 13.1 Å². The maximum atomic E-state index is 3.28. The van der Waals surface area contributed by atoms with E-state index in [9.17, 15) is 0 Å². The zero-order valence-electron chi connectivity index (χ0n) is 6.78. The van der Waals surface area contributed by atoms with Crippen LogP contribution in [0.5, 0.6) is 0 Å². The van der Waals surface area contributed by atoms with Crippen LogP contribution in [0.2, 0.25) is 6.82 Å². The molecule has 0 saturated heterocycles. The zero-order valence-corrected chi connectivity index (χ0v) is 6.78. The van der Waals surface area contributed by atoms with Crippen LogP contribution in [0.25, 0.3) is 0 Å². The van der Waals surface area contributed by atoms with Gasteiger partial charge in [-0.3, -0.25) is 4.90 Å². The standard InChI is InChI=1S/C6H17BN2/c1-4-9(5-2)6-8-7-3/h7-8H,4-6H2,1-3H3. The van der Waals surface area contributed by atoms with Gasteiger partial charge >= 0.3 is 0 Å². The number of nitrogens with zero attached hydrogens (tertiary/aromatic N) is 1. The molecule has 54 valence electrons. The first-order valence-electron chi connectivity index (χ1n) is 3.78. The Morgan fingerprint density at radius 3 is 2.22 bits per heavy atom. The van der Waals surface area contributed by atoms with Gasteiger partial charge in [0.25, 0.3) is 0 Å². The molecule has 0 atom stereocenters. The van der Waals surface area contributed by atoms with Gasteiger partial charge in [-0.1, -0.05) is 20.7 Å². The fourth-order valence-corrected chi connectivity index (χ4v) is 0.717. The lowest BCUT2D eigenvalue weighted by Gasteiger charge is -2.17. The maximum absolute atomic E-state index is 3.28. The van der Waals surface area contributed by atoms with Crippen LogP contribution in [0.4, 0.5) is 0 Å². The van der Waals surface area contributed by atoms with Gasteiger partial charge in [-0.15, -0.1) is 0 Å². The number of hydrogen-bond donors (Lipinski definition) is 1. The monoisotopic (exact) mass is 128 g/mol. The summed E-state index contributed by atoms with van der Waals surface area (Å²) in [7, 11) is 1.07. The summed E-state index contributed by atoms with van der Waals surface area (Å²) in [5.74, 6) is 0. The molecular formula is C6H17BN2.